The highest BCUT2D eigenvalue weighted by atomic mass is 16.6. The second-order valence-corrected chi connectivity index (χ2v) is 5.38. The quantitative estimate of drug-likeness (QED) is 0.553. The van der Waals surface area contributed by atoms with E-state index in [4.69, 9.17) is 4.74 Å². The Hall–Kier alpha value is -3.23. The van der Waals surface area contributed by atoms with E-state index in [0.717, 1.165) is 9.80 Å². The number of amides is 4. The standard InChI is InChI=1S/C16H14N2O7/c19-12(17-7-8-24-16(17)23)9-25-13(20)5-6-18-14(21)10-3-1-2-4-11(10)15(18)22/h1-4H,5-9H2. The number of hydrogen-bond acceptors (Lipinski definition) is 7. The Kier molecular flexibility index (Phi) is 4.46. The van der Waals surface area contributed by atoms with E-state index in [9.17, 15) is 24.0 Å². The van der Waals surface area contributed by atoms with Crippen molar-refractivity contribution < 1.29 is 33.4 Å². The minimum Gasteiger partial charge on any atom is -0.455 e. The third-order valence-corrected chi connectivity index (χ3v) is 3.84. The van der Waals surface area contributed by atoms with Crippen molar-refractivity contribution in [1.82, 2.24) is 9.80 Å². The van der Waals surface area contributed by atoms with Crippen molar-refractivity contribution in [2.45, 2.75) is 6.42 Å². The minimum atomic E-state index is -0.771. The van der Waals surface area contributed by atoms with Crippen LogP contribution in [0.2, 0.25) is 0 Å². The monoisotopic (exact) mass is 346 g/mol. The lowest BCUT2D eigenvalue weighted by atomic mass is 10.1. The van der Waals surface area contributed by atoms with Crippen LogP contribution in [0.3, 0.4) is 0 Å². The number of ether oxygens (including phenoxy) is 2. The summed E-state index contributed by atoms with van der Waals surface area (Å²) in [6.45, 7) is -0.524. The second-order valence-electron chi connectivity index (χ2n) is 5.38. The van der Waals surface area contributed by atoms with Crippen LogP contribution in [-0.2, 0) is 19.1 Å². The Morgan fingerprint density at radius 2 is 1.72 bits per heavy atom. The lowest BCUT2D eigenvalue weighted by Gasteiger charge is -2.14. The fraction of sp³-hybridized carbons (Fsp3) is 0.312. The molecule has 9 heteroatoms. The SMILES string of the molecule is O=C(CCN1C(=O)c2ccccc2C1=O)OCC(=O)N1CCOC1=O. The molecule has 0 radical (unpaired) electrons. The largest absolute Gasteiger partial charge is 0.455 e. The van der Waals surface area contributed by atoms with Crippen molar-refractivity contribution in [2.24, 2.45) is 0 Å². The molecule has 25 heavy (non-hydrogen) atoms. The van der Waals surface area contributed by atoms with Crippen molar-refractivity contribution >= 4 is 29.8 Å². The van der Waals surface area contributed by atoms with Crippen molar-refractivity contribution in [1.29, 1.82) is 0 Å². The summed E-state index contributed by atoms with van der Waals surface area (Å²) in [5, 5.41) is 0. The van der Waals surface area contributed by atoms with Gasteiger partial charge in [0.15, 0.2) is 6.61 Å². The first-order chi connectivity index (χ1) is 12.0. The van der Waals surface area contributed by atoms with E-state index in [1.54, 1.807) is 24.3 Å². The zero-order chi connectivity index (χ0) is 18.0. The molecule has 130 valence electrons. The van der Waals surface area contributed by atoms with Gasteiger partial charge in [-0.2, -0.15) is 0 Å². The molecule has 0 spiro atoms. The van der Waals surface area contributed by atoms with Gasteiger partial charge in [-0.1, -0.05) is 12.1 Å². The smallest absolute Gasteiger partial charge is 0.416 e. The molecule has 0 aromatic heterocycles. The van der Waals surface area contributed by atoms with Crippen molar-refractivity contribution in [3.8, 4) is 0 Å². The van der Waals surface area contributed by atoms with Gasteiger partial charge in [0.25, 0.3) is 17.7 Å². The number of nitrogens with zero attached hydrogens (tertiary/aromatic N) is 2. The Morgan fingerprint density at radius 1 is 1.08 bits per heavy atom. The van der Waals surface area contributed by atoms with E-state index in [1.807, 2.05) is 0 Å². The maximum absolute atomic E-state index is 12.1. The first-order valence-corrected chi connectivity index (χ1v) is 7.57. The first kappa shape index (κ1) is 16.6. The third kappa shape index (κ3) is 3.21. The zero-order valence-electron chi connectivity index (χ0n) is 13.1. The molecule has 9 nitrogen and oxygen atoms in total. The molecule has 3 rings (SSSR count). The molecule has 2 aliphatic rings. The number of carbonyl (C=O) groups is 5. The van der Waals surface area contributed by atoms with Crippen LogP contribution in [0.15, 0.2) is 24.3 Å². The molecule has 1 aromatic rings. The van der Waals surface area contributed by atoms with Gasteiger partial charge in [0, 0.05) is 6.54 Å². The molecule has 1 saturated heterocycles. The fourth-order valence-corrected chi connectivity index (χ4v) is 2.56. The van der Waals surface area contributed by atoms with Gasteiger partial charge < -0.3 is 9.47 Å². The van der Waals surface area contributed by atoms with Gasteiger partial charge in [-0.15, -0.1) is 0 Å². The molecule has 1 aromatic carbocycles. The Morgan fingerprint density at radius 3 is 2.28 bits per heavy atom. The average Bonchev–Trinajstić information content (AvgIpc) is 3.14. The summed E-state index contributed by atoms with van der Waals surface area (Å²) in [6, 6.07) is 6.39. The van der Waals surface area contributed by atoms with Gasteiger partial charge in [-0.3, -0.25) is 24.1 Å². The number of imide groups is 2. The van der Waals surface area contributed by atoms with Crippen LogP contribution >= 0.6 is 0 Å². The van der Waals surface area contributed by atoms with Crippen molar-refractivity contribution in [3.63, 3.8) is 0 Å². The molecule has 1 fully saturated rings. The van der Waals surface area contributed by atoms with Gasteiger partial charge in [-0.25, -0.2) is 9.69 Å². The van der Waals surface area contributed by atoms with Crippen LogP contribution in [-0.4, -0.2) is 65.9 Å². The summed E-state index contributed by atoms with van der Waals surface area (Å²) in [4.78, 5) is 60.7. The van der Waals surface area contributed by atoms with E-state index in [1.165, 1.54) is 0 Å². The number of cyclic esters (lactones) is 1. The Labute approximate surface area is 142 Å². The molecular weight excluding hydrogens is 332 g/mol. The topological polar surface area (TPSA) is 110 Å². The van der Waals surface area contributed by atoms with Crippen LogP contribution in [0.25, 0.3) is 0 Å². The normalized spacial score (nSPS) is 16.1. The molecule has 2 aliphatic heterocycles. The average molecular weight is 346 g/mol. The molecule has 0 saturated carbocycles. The minimum absolute atomic E-state index is 0.109. The molecule has 0 aliphatic carbocycles. The number of fused-ring (bicyclic) bond motifs is 1. The van der Waals surface area contributed by atoms with E-state index in [0.29, 0.717) is 11.1 Å². The van der Waals surface area contributed by atoms with Crippen LogP contribution in [0.4, 0.5) is 4.79 Å². The lowest BCUT2D eigenvalue weighted by molar-refractivity contribution is -0.150. The highest BCUT2D eigenvalue weighted by molar-refractivity contribution is 6.21. The van der Waals surface area contributed by atoms with Crippen LogP contribution in [0.1, 0.15) is 27.1 Å². The summed E-state index contributed by atoms with van der Waals surface area (Å²) in [6.07, 6.45) is -1.02. The van der Waals surface area contributed by atoms with E-state index >= 15 is 0 Å². The van der Waals surface area contributed by atoms with Crippen LogP contribution in [0, 0.1) is 0 Å². The molecule has 2 heterocycles. The highest BCUT2D eigenvalue weighted by Crippen LogP contribution is 2.22. The molecule has 0 bridgehead atoms. The molecular formula is C16H14N2O7. The van der Waals surface area contributed by atoms with Gasteiger partial charge in [-0.05, 0) is 12.1 Å². The molecule has 0 atom stereocenters. The highest BCUT2D eigenvalue weighted by Gasteiger charge is 2.35. The van der Waals surface area contributed by atoms with E-state index < -0.39 is 36.4 Å². The number of esters is 1. The Balaban J connectivity index is 1.48. The predicted molar refractivity (Wildman–Crippen MR) is 80.4 cm³/mol. The van der Waals surface area contributed by atoms with Gasteiger partial charge in [0.1, 0.15) is 6.61 Å². The lowest BCUT2D eigenvalue weighted by Crippen LogP contribution is -2.36. The van der Waals surface area contributed by atoms with E-state index in [2.05, 4.69) is 4.74 Å². The summed E-state index contributed by atoms with van der Waals surface area (Å²) in [5.74, 6) is -2.37. The number of hydrogen-bond donors (Lipinski definition) is 0. The van der Waals surface area contributed by atoms with Gasteiger partial charge >= 0.3 is 12.1 Å². The van der Waals surface area contributed by atoms with Crippen LogP contribution in [0.5, 0.6) is 0 Å². The molecule has 0 N–H and O–H groups in total. The maximum atomic E-state index is 12.1. The molecule has 4 amide bonds. The second kappa shape index (κ2) is 6.71. The predicted octanol–water partition coefficient (Wildman–Crippen LogP) is 0.195. The number of carbonyl (C=O) groups excluding carboxylic acids is 5. The summed E-state index contributed by atoms with van der Waals surface area (Å²) in [5.41, 5.74) is 0.590. The van der Waals surface area contributed by atoms with Crippen molar-refractivity contribution in [3.05, 3.63) is 35.4 Å². The first-order valence-electron chi connectivity index (χ1n) is 7.57. The van der Waals surface area contributed by atoms with E-state index in [-0.39, 0.29) is 26.1 Å². The number of rotatable bonds is 5. The fourth-order valence-electron chi connectivity index (χ4n) is 2.56. The van der Waals surface area contributed by atoms with Gasteiger partial charge in [0.2, 0.25) is 0 Å². The zero-order valence-corrected chi connectivity index (χ0v) is 13.1. The summed E-state index contributed by atoms with van der Waals surface area (Å²) >= 11 is 0. The van der Waals surface area contributed by atoms with Gasteiger partial charge in [0.05, 0.1) is 24.1 Å². The number of benzene rings is 1. The summed E-state index contributed by atoms with van der Waals surface area (Å²) < 4.78 is 9.39. The van der Waals surface area contributed by atoms with Crippen LogP contribution < -0.4 is 0 Å². The third-order valence-electron chi connectivity index (χ3n) is 3.84. The molecule has 0 unspecified atom stereocenters. The maximum Gasteiger partial charge on any atom is 0.416 e. The Bertz CT molecular complexity index is 739. The van der Waals surface area contributed by atoms with Crippen molar-refractivity contribution in [2.75, 3.05) is 26.3 Å². The summed E-state index contributed by atoms with van der Waals surface area (Å²) in [7, 11) is 0.